The number of nitrogens with one attached hydrogen (secondary N) is 1. The zero-order valence-electron chi connectivity index (χ0n) is 11.3. The quantitative estimate of drug-likeness (QED) is 0.882. The number of aromatic nitrogens is 3. The molecule has 0 radical (unpaired) electrons. The van der Waals surface area contributed by atoms with Gasteiger partial charge in [-0.1, -0.05) is 36.7 Å². The predicted molar refractivity (Wildman–Crippen MR) is 77.0 cm³/mol. The van der Waals surface area contributed by atoms with Gasteiger partial charge in [0.2, 0.25) is 0 Å². The van der Waals surface area contributed by atoms with Gasteiger partial charge < -0.3 is 5.32 Å². The van der Waals surface area contributed by atoms with E-state index in [1.165, 1.54) is 0 Å². The molecule has 1 heterocycles. The van der Waals surface area contributed by atoms with Crippen molar-refractivity contribution < 1.29 is 0 Å². The maximum absolute atomic E-state index is 6.19. The second-order valence-electron chi connectivity index (χ2n) is 4.52. The Kier molecular flexibility index (Phi) is 4.93. The number of aryl methyl sites for hydroxylation is 1. The normalized spacial score (nSPS) is 12.6. The fourth-order valence-corrected chi connectivity index (χ4v) is 2.30. The molecule has 0 aliphatic rings. The number of halogens is 1. The molecule has 0 aliphatic carbocycles. The van der Waals surface area contributed by atoms with Gasteiger partial charge >= 0.3 is 0 Å². The van der Waals surface area contributed by atoms with E-state index in [0.717, 1.165) is 29.4 Å². The molecule has 0 saturated heterocycles. The predicted octanol–water partition coefficient (Wildman–Crippen LogP) is 3.19. The van der Waals surface area contributed by atoms with Crippen LogP contribution in [0.15, 0.2) is 30.6 Å². The van der Waals surface area contributed by atoms with Crippen molar-refractivity contribution in [3.8, 4) is 0 Å². The summed E-state index contributed by atoms with van der Waals surface area (Å²) >= 11 is 6.19. The van der Waals surface area contributed by atoms with E-state index in [2.05, 4.69) is 29.2 Å². The van der Waals surface area contributed by atoms with Crippen molar-refractivity contribution in [1.82, 2.24) is 20.1 Å². The van der Waals surface area contributed by atoms with E-state index >= 15 is 0 Å². The third-order valence-electron chi connectivity index (χ3n) is 3.07. The topological polar surface area (TPSA) is 42.7 Å². The summed E-state index contributed by atoms with van der Waals surface area (Å²) < 4.78 is 1.94. The Morgan fingerprint density at radius 2 is 2.16 bits per heavy atom. The van der Waals surface area contributed by atoms with Gasteiger partial charge in [-0.3, -0.25) is 0 Å². The molecule has 19 heavy (non-hydrogen) atoms. The van der Waals surface area contributed by atoms with Crippen LogP contribution in [-0.4, -0.2) is 14.8 Å². The highest BCUT2D eigenvalue weighted by Crippen LogP contribution is 2.22. The summed E-state index contributed by atoms with van der Waals surface area (Å²) in [7, 11) is 0. The van der Waals surface area contributed by atoms with Crippen LogP contribution in [0.1, 0.15) is 37.7 Å². The first-order valence-corrected chi connectivity index (χ1v) is 6.94. The van der Waals surface area contributed by atoms with E-state index < -0.39 is 0 Å². The third kappa shape index (κ3) is 3.55. The molecule has 2 rings (SSSR count). The molecular weight excluding hydrogens is 260 g/mol. The molecule has 5 heteroatoms. The molecule has 1 N–H and O–H groups in total. The molecule has 0 amide bonds. The average Bonchev–Trinajstić information content (AvgIpc) is 2.84. The zero-order valence-corrected chi connectivity index (χ0v) is 12.1. The van der Waals surface area contributed by atoms with Crippen molar-refractivity contribution >= 4 is 11.6 Å². The SMILES string of the molecule is CCCn1ncnc1CN[C@@H](C)c1ccccc1Cl. The van der Waals surface area contributed by atoms with Crippen LogP contribution in [-0.2, 0) is 13.1 Å². The first-order chi connectivity index (χ1) is 9.22. The molecule has 1 atom stereocenters. The molecule has 1 aromatic carbocycles. The van der Waals surface area contributed by atoms with Gasteiger partial charge in [0.15, 0.2) is 0 Å². The lowest BCUT2D eigenvalue weighted by atomic mass is 10.1. The van der Waals surface area contributed by atoms with E-state index in [0.29, 0.717) is 6.54 Å². The van der Waals surface area contributed by atoms with Gasteiger partial charge in [0.1, 0.15) is 12.2 Å². The zero-order chi connectivity index (χ0) is 13.7. The summed E-state index contributed by atoms with van der Waals surface area (Å²) in [5.74, 6) is 0.959. The second kappa shape index (κ2) is 6.68. The average molecular weight is 279 g/mol. The molecule has 0 unspecified atom stereocenters. The number of benzene rings is 1. The van der Waals surface area contributed by atoms with Gasteiger partial charge in [0.25, 0.3) is 0 Å². The molecule has 0 spiro atoms. The Hall–Kier alpha value is -1.39. The summed E-state index contributed by atoms with van der Waals surface area (Å²) in [6, 6.07) is 8.07. The van der Waals surface area contributed by atoms with Crippen molar-refractivity contribution in [2.24, 2.45) is 0 Å². The molecule has 2 aromatic rings. The Labute approximate surface area is 118 Å². The lowest BCUT2D eigenvalue weighted by Crippen LogP contribution is -2.21. The molecule has 0 saturated carbocycles. The van der Waals surface area contributed by atoms with E-state index in [1.807, 2.05) is 28.9 Å². The Balaban J connectivity index is 1.98. The summed E-state index contributed by atoms with van der Waals surface area (Å²) in [6.07, 6.45) is 2.66. The van der Waals surface area contributed by atoms with Crippen LogP contribution in [0.4, 0.5) is 0 Å². The standard InChI is InChI=1S/C14H19ClN4/c1-3-8-19-14(17-10-18-19)9-16-11(2)12-6-4-5-7-13(12)15/h4-7,10-11,16H,3,8-9H2,1-2H3/t11-/m0/s1. The van der Waals surface area contributed by atoms with Gasteiger partial charge in [-0.05, 0) is 25.0 Å². The van der Waals surface area contributed by atoms with Gasteiger partial charge in [0, 0.05) is 17.6 Å². The smallest absolute Gasteiger partial charge is 0.140 e. The molecule has 102 valence electrons. The maximum atomic E-state index is 6.19. The van der Waals surface area contributed by atoms with Crippen molar-refractivity contribution in [1.29, 1.82) is 0 Å². The molecule has 4 nitrogen and oxygen atoms in total. The Bertz CT molecular complexity index is 524. The van der Waals surface area contributed by atoms with Crippen LogP contribution in [0, 0.1) is 0 Å². The minimum absolute atomic E-state index is 0.181. The van der Waals surface area contributed by atoms with Crippen molar-refractivity contribution in [2.45, 2.75) is 39.4 Å². The summed E-state index contributed by atoms with van der Waals surface area (Å²) in [4.78, 5) is 4.28. The van der Waals surface area contributed by atoms with E-state index in [4.69, 9.17) is 11.6 Å². The fraction of sp³-hybridized carbons (Fsp3) is 0.429. The minimum atomic E-state index is 0.181. The highest BCUT2D eigenvalue weighted by Gasteiger charge is 2.10. The van der Waals surface area contributed by atoms with Gasteiger partial charge in [-0.25, -0.2) is 9.67 Å². The molecule has 0 aliphatic heterocycles. The van der Waals surface area contributed by atoms with Crippen molar-refractivity contribution in [3.05, 3.63) is 47.0 Å². The van der Waals surface area contributed by atoms with Gasteiger partial charge in [-0.15, -0.1) is 0 Å². The van der Waals surface area contributed by atoms with Crippen molar-refractivity contribution in [3.63, 3.8) is 0 Å². The minimum Gasteiger partial charge on any atom is -0.303 e. The highest BCUT2D eigenvalue weighted by atomic mass is 35.5. The summed E-state index contributed by atoms with van der Waals surface area (Å²) in [5, 5.41) is 8.44. The van der Waals surface area contributed by atoms with Crippen LogP contribution >= 0.6 is 11.6 Å². The lowest BCUT2D eigenvalue weighted by Gasteiger charge is -2.15. The monoisotopic (exact) mass is 278 g/mol. The maximum Gasteiger partial charge on any atom is 0.140 e. The first kappa shape index (κ1) is 14.0. The van der Waals surface area contributed by atoms with Crippen LogP contribution in [0.3, 0.4) is 0 Å². The summed E-state index contributed by atoms with van der Waals surface area (Å²) in [5.41, 5.74) is 1.10. The fourth-order valence-electron chi connectivity index (χ4n) is 2.00. The number of hydrogen-bond acceptors (Lipinski definition) is 3. The number of rotatable bonds is 6. The van der Waals surface area contributed by atoms with Crippen LogP contribution < -0.4 is 5.32 Å². The number of hydrogen-bond donors (Lipinski definition) is 1. The first-order valence-electron chi connectivity index (χ1n) is 6.57. The van der Waals surface area contributed by atoms with Gasteiger partial charge in [0.05, 0.1) is 6.54 Å². The highest BCUT2D eigenvalue weighted by molar-refractivity contribution is 6.31. The second-order valence-corrected chi connectivity index (χ2v) is 4.93. The summed E-state index contributed by atoms with van der Waals surface area (Å²) in [6.45, 7) is 5.82. The van der Waals surface area contributed by atoms with Gasteiger partial charge in [-0.2, -0.15) is 5.10 Å². The largest absolute Gasteiger partial charge is 0.303 e. The van der Waals surface area contributed by atoms with E-state index in [1.54, 1.807) is 6.33 Å². The molecule has 0 bridgehead atoms. The van der Waals surface area contributed by atoms with E-state index in [9.17, 15) is 0 Å². The lowest BCUT2D eigenvalue weighted by molar-refractivity contribution is 0.509. The molecular formula is C14H19ClN4. The Morgan fingerprint density at radius 1 is 1.37 bits per heavy atom. The third-order valence-corrected chi connectivity index (χ3v) is 3.41. The molecule has 0 fully saturated rings. The van der Waals surface area contributed by atoms with Crippen molar-refractivity contribution in [2.75, 3.05) is 0 Å². The van der Waals surface area contributed by atoms with Crippen LogP contribution in [0.2, 0.25) is 5.02 Å². The molecule has 1 aromatic heterocycles. The van der Waals surface area contributed by atoms with Crippen LogP contribution in [0.5, 0.6) is 0 Å². The van der Waals surface area contributed by atoms with E-state index in [-0.39, 0.29) is 6.04 Å². The number of nitrogens with zero attached hydrogens (tertiary/aromatic N) is 3. The van der Waals surface area contributed by atoms with Crippen LogP contribution in [0.25, 0.3) is 0 Å². The Morgan fingerprint density at radius 3 is 2.89 bits per heavy atom.